The summed E-state index contributed by atoms with van der Waals surface area (Å²) in [6.07, 6.45) is -2.32. The van der Waals surface area contributed by atoms with Crippen molar-refractivity contribution in [3.63, 3.8) is 0 Å². The maximum absolute atomic E-state index is 13.7. The Hall–Kier alpha value is -1.42. The van der Waals surface area contributed by atoms with Crippen LogP contribution < -0.4 is 10.5 Å². The van der Waals surface area contributed by atoms with Crippen molar-refractivity contribution in [3.05, 3.63) is 17.9 Å². The number of sulfonamides is 1. The van der Waals surface area contributed by atoms with E-state index in [-0.39, 0.29) is 29.4 Å². The minimum atomic E-state index is -4.04. The third kappa shape index (κ3) is 2.44. The molecule has 1 saturated heterocycles. The SMILES string of the molecule is COc1c(N)cc(S(=O)(=O)N2CC(O)C(O)C2)cc1F. The number of ether oxygens (including phenoxy) is 1. The molecule has 2 unspecified atom stereocenters. The minimum absolute atomic E-state index is 0.147. The van der Waals surface area contributed by atoms with Crippen molar-refractivity contribution >= 4 is 15.7 Å². The van der Waals surface area contributed by atoms with E-state index in [2.05, 4.69) is 0 Å². The lowest BCUT2D eigenvalue weighted by Crippen LogP contribution is -2.30. The molecule has 1 heterocycles. The predicted octanol–water partition coefficient (Wildman–Crippen LogP) is -0.857. The summed E-state index contributed by atoms with van der Waals surface area (Å²) in [5.41, 5.74) is 5.39. The maximum Gasteiger partial charge on any atom is 0.243 e. The Bertz CT molecular complexity index is 588. The van der Waals surface area contributed by atoms with E-state index >= 15 is 0 Å². The molecule has 1 fully saturated rings. The molecule has 1 aliphatic heterocycles. The van der Waals surface area contributed by atoms with Crippen molar-refractivity contribution in [1.82, 2.24) is 4.31 Å². The first-order chi connectivity index (χ1) is 9.27. The summed E-state index contributed by atoms with van der Waals surface area (Å²) in [4.78, 5) is -0.352. The molecule has 0 radical (unpaired) electrons. The molecule has 2 rings (SSSR count). The van der Waals surface area contributed by atoms with Crippen LogP contribution in [0.2, 0.25) is 0 Å². The van der Waals surface area contributed by atoms with Gasteiger partial charge in [0.1, 0.15) is 0 Å². The third-order valence-corrected chi connectivity index (χ3v) is 4.92. The molecule has 7 nitrogen and oxygen atoms in total. The molecule has 0 aliphatic carbocycles. The van der Waals surface area contributed by atoms with E-state index in [1.165, 1.54) is 7.11 Å². The van der Waals surface area contributed by atoms with Gasteiger partial charge < -0.3 is 20.7 Å². The summed E-state index contributed by atoms with van der Waals surface area (Å²) in [6, 6.07) is 1.87. The number of methoxy groups -OCH3 is 1. The molecule has 1 aromatic rings. The van der Waals surface area contributed by atoms with Crippen LogP contribution in [0.4, 0.5) is 10.1 Å². The molecule has 0 aromatic heterocycles. The molecule has 0 amide bonds. The fourth-order valence-corrected chi connectivity index (χ4v) is 3.56. The number of aliphatic hydroxyl groups is 2. The standard InChI is InChI=1S/C11H15FN2O5S/c1-19-11-7(12)2-6(3-8(11)13)20(17,18)14-4-9(15)10(16)5-14/h2-3,9-10,15-16H,4-5,13H2,1H3. The maximum atomic E-state index is 13.7. The Labute approximate surface area is 115 Å². The quantitative estimate of drug-likeness (QED) is 0.627. The Morgan fingerprint density at radius 2 is 1.90 bits per heavy atom. The van der Waals surface area contributed by atoms with Crippen LogP contribution in [0.3, 0.4) is 0 Å². The second-order valence-corrected chi connectivity index (χ2v) is 6.42. The summed E-state index contributed by atoms with van der Waals surface area (Å²) >= 11 is 0. The fraction of sp³-hybridized carbons (Fsp3) is 0.455. The summed E-state index contributed by atoms with van der Waals surface area (Å²) in [5, 5.41) is 18.8. The van der Waals surface area contributed by atoms with Gasteiger partial charge >= 0.3 is 0 Å². The van der Waals surface area contributed by atoms with Gasteiger partial charge in [-0.3, -0.25) is 0 Å². The molecule has 0 saturated carbocycles. The Kier molecular flexibility index (Phi) is 3.87. The molecule has 4 N–H and O–H groups in total. The van der Waals surface area contributed by atoms with Gasteiger partial charge in [-0.05, 0) is 12.1 Å². The molecule has 2 atom stereocenters. The average Bonchev–Trinajstić information content (AvgIpc) is 2.70. The highest BCUT2D eigenvalue weighted by atomic mass is 32.2. The van der Waals surface area contributed by atoms with Crippen molar-refractivity contribution in [2.75, 3.05) is 25.9 Å². The summed E-state index contributed by atoms with van der Waals surface area (Å²) < 4.78 is 43.8. The van der Waals surface area contributed by atoms with Crippen LogP contribution in [0.15, 0.2) is 17.0 Å². The Balaban J connectivity index is 2.41. The largest absolute Gasteiger partial charge is 0.492 e. The number of β-amino-alcohol motifs (C(OH)–C–C–N with tert-alkyl or cyclic N) is 2. The van der Waals surface area contributed by atoms with Gasteiger partial charge in [-0.1, -0.05) is 0 Å². The van der Waals surface area contributed by atoms with Gasteiger partial charge in [0, 0.05) is 13.1 Å². The number of rotatable bonds is 3. The zero-order valence-corrected chi connectivity index (χ0v) is 11.5. The van der Waals surface area contributed by atoms with Gasteiger partial charge in [0.25, 0.3) is 0 Å². The van der Waals surface area contributed by atoms with E-state index in [0.717, 1.165) is 16.4 Å². The molecular formula is C11H15FN2O5S. The highest BCUT2D eigenvalue weighted by Gasteiger charge is 2.38. The van der Waals surface area contributed by atoms with Gasteiger partial charge in [0.05, 0.1) is 29.9 Å². The number of nitrogens with zero attached hydrogens (tertiary/aromatic N) is 1. The van der Waals surface area contributed by atoms with Crippen LogP contribution in [-0.2, 0) is 10.0 Å². The van der Waals surface area contributed by atoms with Crippen molar-refractivity contribution in [3.8, 4) is 5.75 Å². The zero-order chi connectivity index (χ0) is 15.1. The van der Waals surface area contributed by atoms with E-state index in [1.54, 1.807) is 0 Å². The normalized spacial score (nSPS) is 24.0. The summed E-state index contributed by atoms with van der Waals surface area (Å²) in [6.45, 7) is -0.506. The number of aliphatic hydroxyl groups excluding tert-OH is 2. The third-order valence-electron chi connectivity index (χ3n) is 3.11. The molecule has 9 heteroatoms. The van der Waals surface area contributed by atoms with E-state index in [0.29, 0.717) is 0 Å². The van der Waals surface area contributed by atoms with Crippen molar-refractivity contribution in [2.24, 2.45) is 0 Å². The molecule has 0 spiro atoms. The first kappa shape index (κ1) is 15.0. The van der Waals surface area contributed by atoms with Gasteiger partial charge in [-0.15, -0.1) is 0 Å². The second-order valence-electron chi connectivity index (χ2n) is 4.48. The van der Waals surface area contributed by atoms with Crippen LogP contribution in [0.5, 0.6) is 5.75 Å². The van der Waals surface area contributed by atoms with Crippen molar-refractivity contribution in [1.29, 1.82) is 0 Å². The van der Waals surface area contributed by atoms with Gasteiger partial charge in [0.15, 0.2) is 11.6 Å². The second kappa shape index (κ2) is 5.17. The molecule has 20 heavy (non-hydrogen) atoms. The van der Waals surface area contributed by atoms with Crippen molar-refractivity contribution < 1.29 is 27.8 Å². The number of hydrogen-bond acceptors (Lipinski definition) is 6. The Morgan fingerprint density at radius 3 is 2.35 bits per heavy atom. The summed E-state index contributed by atoms with van der Waals surface area (Å²) in [5.74, 6) is -1.13. The van der Waals surface area contributed by atoms with Crippen LogP contribution in [0, 0.1) is 5.82 Å². The molecule has 1 aliphatic rings. The fourth-order valence-electron chi connectivity index (χ4n) is 2.03. The van der Waals surface area contributed by atoms with E-state index in [9.17, 15) is 23.0 Å². The number of nitrogen functional groups attached to an aromatic ring is 1. The number of halogens is 1. The summed E-state index contributed by atoms with van der Waals surface area (Å²) in [7, 11) is -2.82. The van der Waals surface area contributed by atoms with Gasteiger partial charge in [0.2, 0.25) is 10.0 Å². The predicted molar refractivity (Wildman–Crippen MR) is 68.1 cm³/mol. The van der Waals surface area contributed by atoms with Crippen molar-refractivity contribution in [2.45, 2.75) is 17.1 Å². The smallest absolute Gasteiger partial charge is 0.243 e. The molecule has 1 aromatic carbocycles. The lowest BCUT2D eigenvalue weighted by Gasteiger charge is -2.16. The first-order valence-electron chi connectivity index (χ1n) is 5.76. The number of benzene rings is 1. The highest BCUT2D eigenvalue weighted by molar-refractivity contribution is 7.89. The molecule has 0 bridgehead atoms. The highest BCUT2D eigenvalue weighted by Crippen LogP contribution is 2.30. The van der Waals surface area contributed by atoms with Gasteiger partial charge in [-0.2, -0.15) is 4.31 Å². The zero-order valence-electron chi connectivity index (χ0n) is 10.7. The topological polar surface area (TPSA) is 113 Å². The monoisotopic (exact) mass is 306 g/mol. The first-order valence-corrected chi connectivity index (χ1v) is 7.20. The Morgan fingerprint density at radius 1 is 1.35 bits per heavy atom. The van der Waals surface area contributed by atoms with Crippen LogP contribution in [0.1, 0.15) is 0 Å². The van der Waals surface area contributed by atoms with E-state index in [1.807, 2.05) is 0 Å². The lowest BCUT2D eigenvalue weighted by molar-refractivity contribution is 0.0572. The van der Waals surface area contributed by atoms with E-state index < -0.39 is 28.0 Å². The number of nitrogens with two attached hydrogens (primary N) is 1. The molecular weight excluding hydrogens is 291 g/mol. The lowest BCUT2D eigenvalue weighted by atomic mass is 10.3. The average molecular weight is 306 g/mol. The van der Waals surface area contributed by atoms with Crippen LogP contribution in [-0.4, -0.2) is 55.3 Å². The minimum Gasteiger partial charge on any atom is -0.492 e. The number of hydrogen-bond donors (Lipinski definition) is 3. The van der Waals surface area contributed by atoms with Crippen LogP contribution >= 0.6 is 0 Å². The van der Waals surface area contributed by atoms with Gasteiger partial charge in [-0.25, -0.2) is 12.8 Å². The van der Waals surface area contributed by atoms with Crippen LogP contribution in [0.25, 0.3) is 0 Å². The number of anilines is 1. The van der Waals surface area contributed by atoms with E-state index in [4.69, 9.17) is 10.5 Å². The molecule has 112 valence electrons.